The van der Waals surface area contributed by atoms with Crippen molar-refractivity contribution in [2.24, 2.45) is 5.92 Å². The lowest BCUT2D eigenvalue weighted by molar-refractivity contribution is -0.143. The number of carbonyl (C=O) groups is 2. The van der Waals surface area contributed by atoms with Crippen LogP contribution in [0.25, 0.3) is 6.08 Å². The topological polar surface area (TPSA) is 91.0 Å². The average Bonchev–Trinajstić information content (AvgIpc) is 2.51. The van der Waals surface area contributed by atoms with Crippen LogP contribution in [-0.2, 0) is 14.3 Å². The van der Waals surface area contributed by atoms with Gasteiger partial charge in [0.15, 0.2) is 12.4 Å². The minimum atomic E-state index is -1.16. The molecule has 0 spiro atoms. The number of thioether (sulfide) groups is 1. The number of Topliss-reactive ketones (excluding diaryl/α,β-unsaturated/α-hetero) is 1. The number of benzene rings is 1. The monoisotopic (exact) mass is 316 g/mol. The zero-order chi connectivity index (χ0) is 16.5. The van der Waals surface area contributed by atoms with Gasteiger partial charge in [0.25, 0.3) is 0 Å². The number of nitrogens with zero attached hydrogens (tertiary/aromatic N) is 1. The molecule has 0 heterocycles. The Balaban J connectivity index is 2.52. The van der Waals surface area contributed by atoms with E-state index in [1.54, 1.807) is 23.9 Å². The second kappa shape index (κ2) is 8.80. The third-order valence-corrected chi connectivity index (χ3v) is 3.51. The van der Waals surface area contributed by atoms with Crippen LogP contribution < -0.4 is 0 Å². The van der Waals surface area contributed by atoms with Crippen molar-refractivity contribution >= 4 is 35.3 Å². The Bertz CT molecular complexity index is 630. The minimum Gasteiger partial charge on any atom is -0.454 e. The molecule has 0 bridgehead atoms. The van der Waals surface area contributed by atoms with Crippen LogP contribution >= 0.6 is 11.8 Å². The van der Waals surface area contributed by atoms with Crippen LogP contribution in [0.5, 0.6) is 0 Å². The van der Waals surface area contributed by atoms with Gasteiger partial charge in [-0.3, -0.25) is 4.79 Å². The molecule has 22 heavy (non-hydrogen) atoms. The Morgan fingerprint density at radius 1 is 1.41 bits per heavy atom. The molecular weight excluding hydrogens is 300 g/mol. The molecule has 0 aliphatic rings. The summed E-state index contributed by atoms with van der Waals surface area (Å²) in [6.45, 7) is 0.856. The molecule has 0 saturated heterocycles. The summed E-state index contributed by atoms with van der Waals surface area (Å²) in [7, 11) is 0. The van der Waals surface area contributed by atoms with Crippen LogP contribution in [0, 0.1) is 22.7 Å². The fourth-order valence-electron chi connectivity index (χ4n) is 1.56. The van der Waals surface area contributed by atoms with Crippen molar-refractivity contribution in [1.29, 1.82) is 10.7 Å². The Labute approximate surface area is 133 Å². The van der Waals surface area contributed by atoms with Crippen LogP contribution in [0.4, 0.5) is 0 Å². The number of hydrogen-bond acceptors (Lipinski definition) is 6. The van der Waals surface area contributed by atoms with Crippen molar-refractivity contribution in [1.82, 2.24) is 0 Å². The van der Waals surface area contributed by atoms with Gasteiger partial charge >= 0.3 is 5.97 Å². The number of esters is 1. The van der Waals surface area contributed by atoms with Crippen molar-refractivity contribution in [3.8, 4) is 6.07 Å². The first-order valence-corrected chi connectivity index (χ1v) is 7.66. The van der Waals surface area contributed by atoms with E-state index in [4.69, 9.17) is 15.4 Å². The Morgan fingerprint density at radius 2 is 2.05 bits per heavy atom. The van der Waals surface area contributed by atoms with Crippen LogP contribution in [0.1, 0.15) is 12.5 Å². The van der Waals surface area contributed by atoms with Crippen molar-refractivity contribution < 1.29 is 14.3 Å². The predicted octanol–water partition coefficient (Wildman–Crippen LogP) is 2.71. The number of hydrogen-bond donors (Lipinski definition) is 1. The number of ketones is 1. The van der Waals surface area contributed by atoms with Gasteiger partial charge in [0.1, 0.15) is 5.92 Å². The number of nitriles is 1. The highest BCUT2D eigenvalue weighted by molar-refractivity contribution is 7.98. The molecule has 0 aromatic heterocycles. The molecule has 1 N–H and O–H groups in total. The fraction of sp³-hybridized carbons (Fsp3) is 0.250. The second-order valence-electron chi connectivity index (χ2n) is 4.43. The molecule has 1 rings (SSSR count). The summed E-state index contributed by atoms with van der Waals surface area (Å²) < 4.78 is 4.78. The van der Waals surface area contributed by atoms with E-state index in [2.05, 4.69) is 0 Å². The standard InChI is InChI=1S/C16H16N2O3S/c1-11(18)14(9-17)15(19)10-21-16(20)8-5-12-3-6-13(22-2)7-4-12/h3-8,14,18H,10H2,1-2H3/b8-5+,18-11?. The predicted molar refractivity (Wildman–Crippen MR) is 85.7 cm³/mol. The Kier molecular flexibility index (Phi) is 7.06. The molecule has 0 fully saturated rings. The van der Waals surface area contributed by atoms with Gasteiger partial charge in [-0.25, -0.2) is 4.79 Å². The van der Waals surface area contributed by atoms with Crippen LogP contribution in [-0.4, -0.2) is 30.3 Å². The Morgan fingerprint density at radius 3 is 2.55 bits per heavy atom. The summed E-state index contributed by atoms with van der Waals surface area (Å²) >= 11 is 1.62. The van der Waals surface area contributed by atoms with Crippen molar-refractivity contribution in [3.05, 3.63) is 35.9 Å². The molecule has 0 aliphatic carbocycles. The lowest BCUT2D eigenvalue weighted by Gasteiger charge is -2.05. The smallest absolute Gasteiger partial charge is 0.331 e. The number of nitrogens with one attached hydrogen (secondary N) is 1. The van der Waals surface area contributed by atoms with Crippen LogP contribution in [0.3, 0.4) is 0 Å². The van der Waals surface area contributed by atoms with E-state index in [1.807, 2.05) is 30.5 Å². The lowest BCUT2D eigenvalue weighted by Crippen LogP contribution is -2.25. The van der Waals surface area contributed by atoms with Gasteiger partial charge in [-0.2, -0.15) is 5.26 Å². The van der Waals surface area contributed by atoms with Gasteiger partial charge in [-0.05, 0) is 37.0 Å². The van der Waals surface area contributed by atoms with Gasteiger partial charge in [0.2, 0.25) is 0 Å². The summed E-state index contributed by atoms with van der Waals surface area (Å²) in [5, 5.41) is 16.1. The molecule has 6 heteroatoms. The summed E-state index contributed by atoms with van der Waals surface area (Å²) in [6.07, 6.45) is 4.78. The molecule has 1 unspecified atom stereocenters. The summed E-state index contributed by atoms with van der Waals surface area (Å²) in [5.41, 5.74) is 0.777. The third-order valence-electron chi connectivity index (χ3n) is 2.77. The SMILES string of the molecule is CSc1ccc(/C=C/C(=O)OCC(=O)C(C#N)C(C)=N)cc1. The van der Waals surface area contributed by atoms with Crippen molar-refractivity contribution in [2.45, 2.75) is 11.8 Å². The van der Waals surface area contributed by atoms with Gasteiger partial charge in [0, 0.05) is 16.7 Å². The Hall–Kier alpha value is -2.39. The molecule has 0 saturated carbocycles. The van der Waals surface area contributed by atoms with Gasteiger partial charge in [-0.15, -0.1) is 11.8 Å². The van der Waals surface area contributed by atoms with E-state index in [-0.39, 0.29) is 5.71 Å². The highest BCUT2D eigenvalue weighted by Crippen LogP contribution is 2.15. The van der Waals surface area contributed by atoms with Crippen LogP contribution in [0.2, 0.25) is 0 Å². The maximum atomic E-state index is 11.6. The molecule has 1 aromatic rings. The molecule has 0 amide bonds. The maximum Gasteiger partial charge on any atom is 0.331 e. The zero-order valence-electron chi connectivity index (χ0n) is 12.3. The highest BCUT2D eigenvalue weighted by Gasteiger charge is 2.20. The minimum absolute atomic E-state index is 0.0621. The largest absolute Gasteiger partial charge is 0.454 e. The first kappa shape index (κ1) is 17.7. The van der Waals surface area contributed by atoms with E-state index < -0.39 is 24.3 Å². The average molecular weight is 316 g/mol. The van der Waals surface area contributed by atoms with Crippen LogP contribution in [0.15, 0.2) is 35.2 Å². The molecule has 114 valence electrons. The first-order chi connectivity index (χ1) is 10.5. The van der Waals surface area contributed by atoms with E-state index >= 15 is 0 Å². The number of carbonyl (C=O) groups excluding carboxylic acids is 2. The lowest BCUT2D eigenvalue weighted by atomic mass is 10.0. The summed E-state index contributed by atoms with van der Waals surface area (Å²) in [5.74, 6) is -2.42. The van der Waals surface area contributed by atoms with Gasteiger partial charge in [-0.1, -0.05) is 12.1 Å². The quantitative estimate of drug-likeness (QED) is 0.361. The molecule has 0 aliphatic heterocycles. The maximum absolute atomic E-state index is 11.6. The van der Waals surface area contributed by atoms with E-state index in [0.29, 0.717) is 0 Å². The molecule has 5 nitrogen and oxygen atoms in total. The summed E-state index contributed by atoms with van der Waals surface area (Å²) in [6, 6.07) is 9.31. The molecular formula is C16H16N2O3S. The first-order valence-electron chi connectivity index (χ1n) is 6.44. The van der Waals surface area contributed by atoms with Gasteiger partial charge < -0.3 is 10.1 Å². The van der Waals surface area contributed by atoms with E-state index in [1.165, 1.54) is 13.0 Å². The van der Waals surface area contributed by atoms with Crippen molar-refractivity contribution in [3.63, 3.8) is 0 Å². The molecule has 0 radical (unpaired) electrons. The summed E-state index contributed by atoms with van der Waals surface area (Å²) in [4.78, 5) is 24.2. The molecule has 1 aromatic carbocycles. The number of rotatable bonds is 7. The van der Waals surface area contributed by atoms with Crippen molar-refractivity contribution in [2.75, 3.05) is 12.9 Å². The number of ether oxygens (including phenoxy) is 1. The molecule has 1 atom stereocenters. The fourth-order valence-corrected chi connectivity index (χ4v) is 1.97. The zero-order valence-corrected chi connectivity index (χ0v) is 13.1. The third kappa shape index (κ3) is 5.54. The van der Waals surface area contributed by atoms with E-state index in [0.717, 1.165) is 10.5 Å². The highest BCUT2D eigenvalue weighted by atomic mass is 32.2. The van der Waals surface area contributed by atoms with Gasteiger partial charge in [0.05, 0.1) is 6.07 Å². The second-order valence-corrected chi connectivity index (χ2v) is 5.31. The normalized spacial score (nSPS) is 11.7. The van der Waals surface area contributed by atoms with E-state index in [9.17, 15) is 9.59 Å².